The van der Waals surface area contributed by atoms with Crippen LogP contribution in [0.1, 0.15) is 31.0 Å². The Morgan fingerprint density at radius 1 is 1.19 bits per heavy atom. The van der Waals surface area contributed by atoms with Crippen molar-refractivity contribution in [1.82, 2.24) is 5.32 Å². The van der Waals surface area contributed by atoms with E-state index in [-0.39, 0.29) is 18.6 Å². The molecule has 6 heteroatoms. The molecule has 2 aromatic carbocycles. The largest absolute Gasteiger partial charge is 0.486 e. The molecule has 1 aliphatic rings. The third kappa shape index (κ3) is 4.49. The number of benzene rings is 2. The minimum atomic E-state index is -0.182. The van der Waals surface area contributed by atoms with Crippen molar-refractivity contribution in [1.29, 1.82) is 0 Å². The monoisotopic (exact) mass is 419 g/mol. The summed E-state index contributed by atoms with van der Waals surface area (Å²) in [7, 11) is 0. The van der Waals surface area contributed by atoms with Gasteiger partial charge in [0.1, 0.15) is 19.0 Å². The van der Waals surface area contributed by atoms with E-state index in [0.29, 0.717) is 24.7 Å². The number of carbonyl (C=O) groups is 1. The summed E-state index contributed by atoms with van der Waals surface area (Å²) >= 11 is 3.48. The lowest BCUT2D eigenvalue weighted by molar-refractivity contribution is -0.123. The molecule has 26 heavy (non-hydrogen) atoms. The zero-order valence-electron chi connectivity index (χ0n) is 14.9. The first-order valence-corrected chi connectivity index (χ1v) is 9.46. The van der Waals surface area contributed by atoms with Crippen LogP contribution in [0.2, 0.25) is 0 Å². The number of aryl methyl sites for hydroxylation is 1. The second-order valence-corrected chi connectivity index (χ2v) is 6.95. The topological polar surface area (TPSA) is 56.8 Å². The van der Waals surface area contributed by atoms with Gasteiger partial charge >= 0.3 is 0 Å². The van der Waals surface area contributed by atoms with Crippen LogP contribution in [0.5, 0.6) is 17.2 Å². The lowest BCUT2D eigenvalue weighted by Crippen LogP contribution is -2.31. The van der Waals surface area contributed by atoms with Crippen molar-refractivity contribution in [3.8, 4) is 17.2 Å². The summed E-state index contributed by atoms with van der Waals surface area (Å²) in [6.45, 7) is 5.07. The molecule has 3 rings (SSSR count). The van der Waals surface area contributed by atoms with Crippen LogP contribution in [0.4, 0.5) is 0 Å². The molecule has 0 aromatic heterocycles. The number of carbonyl (C=O) groups excluding carboxylic acids is 1. The zero-order valence-corrected chi connectivity index (χ0v) is 16.5. The second kappa shape index (κ2) is 8.45. The Morgan fingerprint density at radius 2 is 1.96 bits per heavy atom. The van der Waals surface area contributed by atoms with Gasteiger partial charge in [0.25, 0.3) is 5.91 Å². The normalized spacial score (nSPS) is 13.8. The Kier molecular flexibility index (Phi) is 6.04. The summed E-state index contributed by atoms with van der Waals surface area (Å²) in [6, 6.07) is 11.4. The molecule has 1 aliphatic heterocycles. The molecule has 0 aliphatic carbocycles. The van der Waals surface area contributed by atoms with E-state index < -0.39 is 0 Å². The van der Waals surface area contributed by atoms with Crippen LogP contribution in [-0.4, -0.2) is 25.7 Å². The molecule has 0 saturated heterocycles. The molecule has 0 fully saturated rings. The van der Waals surface area contributed by atoms with Crippen molar-refractivity contribution in [3.05, 3.63) is 52.0 Å². The molecule has 0 spiro atoms. The Hall–Kier alpha value is -2.21. The standard InChI is InChI=1S/C20H22BrNO4/c1-3-14-4-6-17(16(21)10-14)26-12-20(23)22-13(2)15-5-7-18-19(11-15)25-9-8-24-18/h4-7,10-11,13H,3,8-9,12H2,1-2H3,(H,22,23)/t13-/m0/s1. The molecule has 0 unspecified atom stereocenters. The fraction of sp³-hybridized carbons (Fsp3) is 0.350. The molecule has 0 saturated carbocycles. The van der Waals surface area contributed by atoms with Gasteiger partial charge in [-0.05, 0) is 64.7 Å². The SMILES string of the molecule is CCc1ccc(OCC(=O)N[C@@H](C)c2ccc3c(c2)OCCO3)c(Br)c1. The molecule has 138 valence electrons. The first kappa shape index (κ1) is 18.6. The smallest absolute Gasteiger partial charge is 0.258 e. The summed E-state index contributed by atoms with van der Waals surface area (Å²) in [5.74, 6) is 1.93. The first-order chi connectivity index (χ1) is 12.6. The molecule has 5 nitrogen and oxygen atoms in total. The maximum atomic E-state index is 12.2. The fourth-order valence-corrected chi connectivity index (χ4v) is 3.26. The molecule has 2 aromatic rings. The summed E-state index contributed by atoms with van der Waals surface area (Å²) in [5, 5.41) is 2.94. The van der Waals surface area contributed by atoms with Gasteiger partial charge < -0.3 is 19.5 Å². The van der Waals surface area contributed by atoms with Gasteiger partial charge in [-0.15, -0.1) is 0 Å². The number of amides is 1. The summed E-state index contributed by atoms with van der Waals surface area (Å²) in [5.41, 5.74) is 2.16. The second-order valence-electron chi connectivity index (χ2n) is 6.10. The number of rotatable bonds is 6. The van der Waals surface area contributed by atoms with Crippen molar-refractivity contribution in [2.75, 3.05) is 19.8 Å². The van der Waals surface area contributed by atoms with Crippen molar-refractivity contribution in [3.63, 3.8) is 0 Å². The highest BCUT2D eigenvalue weighted by molar-refractivity contribution is 9.10. The zero-order chi connectivity index (χ0) is 18.5. The molecule has 1 N–H and O–H groups in total. The van der Waals surface area contributed by atoms with Crippen molar-refractivity contribution >= 4 is 21.8 Å². The molecular formula is C20H22BrNO4. The summed E-state index contributed by atoms with van der Waals surface area (Å²) in [4.78, 5) is 12.2. The van der Waals surface area contributed by atoms with Crippen molar-refractivity contribution in [2.45, 2.75) is 26.3 Å². The van der Waals surface area contributed by atoms with Gasteiger partial charge in [-0.1, -0.05) is 19.1 Å². The Labute approximate surface area is 161 Å². The van der Waals surface area contributed by atoms with Gasteiger partial charge in [0, 0.05) is 0 Å². The lowest BCUT2D eigenvalue weighted by atomic mass is 10.1. The van der Waals surface area contributed by atoms with Gasteiger partial charge in [0.2, 0.25) is 0 Å². The van der Waals surface area contributed by atoms with E-state index in [0.717, 1.165) is 22.2 Å². The summed E-state index contributed by atoms with van der Waals surface area (Å²) < 4.78 is 17.6. The van der Waals surface area contributed by atoms with Crippen LogP contribution < -0.4 is 19.5 Å². The Balaban J connectivity index is 1.56. The molecular weight excluding hydrogens is 398 g/mol. The molecule has 0 radical (unpaired) electrons. The predicted molar refractivity (Wildman–Crippen MR) is 103 cm³/mol. The predicted octanol–water partition coefficient (Wildman–Crippen LogP) is 4.04. The Bertz CT molecular complexity index is 793. The number of halogens is 1. The van der Waals surface area contributed by atoms with Crippen LogP contribution in [-0.2, 0) is 11.2 Å². The van der Waals surface area contributed by atoms with E-state index in [1.54, 1.807) is 0 Å². The van der Waals surface area contributed by atoms with Crippen molar-refractivity contribution < 1.29 is 19.0 Å². The fourth-order valence-electron chi connectivity index (χ4n) is 2.72. The highest BCUT2D eigenvalue weighted by atomic mass is 79.9. The molecule has 1 amide bonds. The highest BCUT2D eigenvalue weighted by Crippen LogP contribution is 2.32. The van der Waals surface area contributed by atoms with Gasteiger partial charge in [-0.25, -0.2) is 0 Å². The van der Waals surface area contributed by atoms with Crippen LogP contribution in [0.15, 0.2) is 40.9 Å². The third-order valence-corrected chi connectivity index (χ3v) is 4.83. The van der Waals surface area contributed by atoms with Gasteiger partial charge in [-0.3, -0.25) is 4.79 Å². The van der Waals surface area contributed by atoms with E-state index in [4.69, 9.17) is 14.2 Å². The van der Waals surface area contributed by atoms with Crippen LogP contribution in [0.3, 0.4) is 0 Å². The van der Waals surface area contributed by atoms with E-state index in [9.17, 15) is 4.79 Å². The number of fused-ring (bicyclic) bond motifs is 1. The van der Waals surface area contributed by atoms with Gasteiger partial charge in [-0.2, -0.15) is 0 Å². The van der Waals surface area contributed by atoms with E-state index in [2.05, 4.69) is 28.2 Å². The van der Waals surface area contributed by atoms with Crippen LogP contribution in [0.25, 0.3) is 0 Å². The highest BCUT2D eigenvalue weighted by Gasteiger charge is 2.16. The molecule has 0 bridgehead atoms. The van der Waals surface area contributed by atoms with Gasteiger partial charge in [0.15, 0.2) is 18.1 Å². The quantitative estimate of drug-likeness (QED) is 0.767. The Morgan fingerprint density at radius 3 is 2.69 bits per heavy atom. The van der Waals surface area contributed by atoms with Crippen LogP contribution in [0, 0.1) is 0 Å². The third-order valence-electron chi connectivity index (χ3n) is 4.21. The minimum Gasteiger partial charge on any atom is -0.486 e. The maximum Gasteiger partial charge on any atom is 0.258 e. The first-order valence-electron chi connectivity index (χ1n) is 8.67. The maximum absolute atomic E-state index is 12.2. The number of hydrogen-bond acceptors (Lipinski definition) is 4. The number of nitrogens with one attached hydrogen (secondary N) is 1. The molecule has 1 heterocycles. The minimum absolute atomic E-state index is 0.0427. The lowest BCUT2D eigenvalue weighted by Gasteiger charge is -2.21. The number of ether oxygens (including phenoxy) is 3. The number of hydrogen-bond donors (Lipinski definition) is 1. The van der Waals surface area contributed by atoms with E-state index in [1.807, 2.05) is 43.3 Å². The summed E-state index contributed by atoms with van der Waals surface area (Å²) in [6.07, 6.45) is 0.951. The molecule has 1 atom stereocenters. The average Bonchev–Trinajstić information content (AvgIpc) is 2.66. The van der Waals surface area contributed by atoms with E-state index in [1.165, 1.54) is 5.56 Å². The van der Waals surface area contributed by atoms with Gasteiger partial charge in [0.05, 0.1) is 10.5 Å². The average molecular weight is 420 g/mol. The van der Waals surface area contributed by atoms with E-state index >= 15 is 0 Å². The van der Waals surface area contributed by atoms with Crippen LogP contribution >= 0.6 is 15.9 Å². The van der Waals surface area contributed by atoms with Crippen molar-refractivity contribution in [2.24, 2.45) is 0 Å².